The largest absolute Gasteiger partial charge is 0.305 e. The summed E-state index contributed by atoms with van der Waals surface area (Å²) in [4.78, 5) is 1.23. The highest BCUT2D eigenvalue weighted by molar-refractivity contribution is 9.10. The summed E-state index contributed by atoms with van der Waals surface area (Å²) in [5, 5.41) is 4.22. The van der Waals surface area contributed by atoms with Crippen molar-refractivity contribution in [2.45, 2.75) is 19.5 Å². The summed E-state index contributed by atoms with van der Waals surface area (Å²) >= 11 is 17.1. The minimum atomic E-state index is 0.262. The lowest BCUT2D eigenvalue weighted by Crippen LogP contribution is -2.17. The molecular weight excluding hydrogens is 353 g/mol. The second-order valence-electron chi connectivity index (χ2n) is 3.98. The Kier molecular flexibility index (Phi) is 5.10. The topological polar surface area (TPSA) is 12.0 Å². The van der Waals surface area contributed by atoms with Crippen LogP contribution in [-0.2, 0) is 6.54 Å². The standard InChI is InChI=1S/C13H12BrCl2NS/c1-8(12-4-5-13(16)18-12)17-7-9-6-10(14)2-3-11(9)15/h2-6,8,17H,7H2,1H3. The van der Waals surface area contributed by atoms with E-state index in [-0.39, 0.29) is 6.04 Å². The smallest absolute Gasteiger partial charge is 0.0931 e. The van der Waals surface area contributed by atoms with Gasteiger partial charge in [0.1, 0.15) is 0 Å². The van der Waals surface area contributed by atoms with Crippen LogP contribution in [0.5, 0.6) is 0 Å². The number of benzene rings is 1. The Hall–Kier alpha value is -0.0600. The van der Waals surface area contributed by atoms with Crippen LogP contribution in [0.15, 0.2) is 34.8 Å². The lowest BCUT2D eigenvalue weighted by atomic mass is 10.2. The van der Waals surface area contributed by atoms with Crippen molar-refractivity contribution in [2.24, 2.45) is 0 Å². The van der Waals surface area contributed by atoms with Crippen molar-refractivity contribution in [3.05, 3.63) is 54.6 Å². The number of hydrogen-bond donors (Lipinski definition) is 1. The molecule has 1 atom stereocenters. The van der Waals surface area contributed by atoms with E-state index in [1.54, 1.807) is 11.3 Å². The van der Waals surface area contributed by atoms with E-state index in [9.17, 15) is 0 Å². The summed E-state index contributed by atoms with van der Waals surface area (Å²) in [6.45, 7) is 2.85. The van der Waals surface area contributed by atoms with Crippen LogP contribution in [0.2, 0.25) is 9.36 Å². The Morgan fingerprint density at radius 2 is 2.06 bits per heavy atom. The van der Waals surface area contributed by atoms with Crippen LogP contribution in [0, 0.1) is 0 Å². The molecule has 0 aliphatic carbocycles. The summed E-state index contributed by atoms with van der Waals surface area (Å²) in [7, 11) is 0. The Morgan fingerprint density at radius 3 is 2.72 bits per heavy atom. The minimum absolute atomic E-state index is 0.262. The van der Waals surface area contributed by atoms with Gasteiger partial charge in [0.2, 0.25) is 0 Å². The highest BCUT2D eigenvalue weighted by Gasteiger charge is 2.09. The van der Waals surface area contributed by atoms with E-state index in [1.807, 2.05) is 30.3 Å². The maximum Gasteiger partial charge on any atom is 0.0931 e. The Labute approximate surface area is 129 Å². The molecule has 0 spiro atoms. The number of hydrogen-bond acceptors (Lipinski definition) is 2. The molecule has 0 fully saturated rings. The van der Waals surface area contributed by atoms with Crippen LogP contribution in [0.3, 0.4) is 0 Å². The fraction of sp³-hybridized carbons (Fsp3) is 0.231. The van der Waals surface area contributed by atoms with E-state index >= 15 is 0 Å². The molecule has 1 unspecified atom stereocenters. The van der Waals surface area contributed by atoms with Gasteiger partial charge in [-0.2, -0.15) is 0 Å². The summed E-state index contributed by atoms with van der Waals surface area (Å²) in [6.07, 6.45) is 0. The number of halogens is 3. The van der Waals surface area contributed by atoms with Gasteiger partial charge in [-0.3, -0.25) is 0 Å². The second kappa shape index (κ2) is 6.40. The van der Waals surface area contributed by atoms with Crippen LogP contribution in [0.1, 0.15) is 23.4 Å². The van der Waals surface area contributed by atoms with Crippen molar-refractivity contribution in [3.63, 3.8) is 0 Å². The molecule has 0 saturated carbocycles. The van der Waals surface area contributed by atoms with Crippen molar-refractivity contribution >= 4 is 50.5 Å². The molecule has 0 aliphatic heterocycles. The fourth-order valence-corrected chi connectivity index (χ4v) is 3.28. The van der Waals surface area contributed by atoms with Gasteiger partial charge in [0, 0.05) is 27.0 Å². The van der Waals surface area contributed by atoms with Gasteiger partial charge in [-0.05, 0) is 42.8 Å². The molecule has 5 heteroatoms. The molecule has 1 aromatic carbocycles. The van der Waals surface area contributed by atoms with Crippen molar-refractivity contribution in [1.82, 2.24) is 5.32 Å². The third-order valence-corrected chi connectivity index (χ3v) is 4.90. The van der Waals surface area contributed by atoms with E-state index < -0.39 is 0 Å². The van der Waals surface area contributed by atoms with E-state index in [4.69, 9.17) is 23.2 Å². The lowest BCUT2D eigenvalue weighted by Gasteiger charge is -2.13. The summed E-state index contributed by atoms with van der Waals surface area (Å²) < 4.78 is 1.86. The van der Waals surface area contributed by atoms with Gasteiger partial charge in [0.25, 0.3) is 0 Å². The first-order chi connectivity index (χ1) is 8.56. The highest BCUT2D eigenvalue weighted by atomic mass is 79.9. The number of nitrogens with one attached hydrogen (secondary N) is 1. The van der Waals surface area contributed by atoms with Gasteiger partial charge in [0.05, 0.1) is 4.34 Å². The predicted molar refractivity (Wildman–Crippen MR) is 83.7 cm³/mol. The lowest BCUT2D eigenvalue weighted by molar-refractivity contribution is 0.583. The fourth-order valence-electron chi connectivity index (χ4n) is 1.60. The van der Waals surface area contributed by atoms with E-state index in [0.717, 1.165) is 25.9 Å². The van der Waals surface area contributed by atoms with E-state index in [2.05, 4.69) is 28.2 Å². The molecule has 96 valence electrons. The van der Waals surface area contributed by atoms with Crippen LogP contribution in [0.4, 0.5) is 0 Å². The quantitative estimate of drug-likeness (QED) is 0.737. The van der Waals surface area contributed by atoms with E-state index in [0.29, 0.717) is 0 Å². The molecular formula is C13H12BrCl2NS. The molecule has 1 nitrogen and oxygen atoms in total. The average Bonchev–Trinajstić information content (AvgIpc) is 2.77. The maximum absolute atomic E-state index is 6.15. The SMILES string of the molecule is CC(NCc1cc(Br)ccc1Cl)c1ccc(Cl)s1. The third kappa shape index (κ3) is 3.72. The normalized spacial score (nSPS) is 12.7. The predicted octanol–water partition coefficient (Wildman–Crippen LogP) is 5.67. The molecule has 2 rings (SSSR count). The second-order valence-corrected chi connectivity index (χ2v) is 7.05. The van der Waals surface area contributed by atoms with E-state index in [1.165, 1.54) is 4.88 Å². The molecule has 0 radical (unpaired) electrons. The van der Waals surface area contributed by atoms with Crippen LogP contribution >= 0.6 is 50.5 Å². The molecule has 0 saturated heterocycles. The highest BCUT2D eigenvalue weighted by Crippen LogP contribution is 2.27. The summed E-state index contributed by atoms with van der Waals surface area (Å²) in [5.41, 5.74) is 1.08. The molecule has 1 heterocycles. The average molecular weight is 365 g/mol. The number of thiophene rings is 1. The van der Waals surface area contributed by atoms with Gasteiger partial charge >= 0.3 is 0 Å². The Bertz CT molecular complexity index is 542. The zero-order chi connectivity index (χ0) is 13.1. The first-order valence-corrected chi connectivity index (χ1v) is 7.85. The zero-order valence-corrected chi connectivity index (χ0v) is 13.6. The van der Waals surface area contributed by atoms with Crippen LogP contribution in [-0.4, -0.2) is 0 Å². The first kappa shape index (κ1) is 14.4. The minimum Gasteiger partial charge on any atom is -0.305 e. The van der Waals surface area contributed by atoms with Gasteiger partial charge in [-0.25, -0.2) is 0 Å². The molecule has 0 aliphatic rings. The van der Waals surface area contributed by atoms with Gasteiger partial charge in [-0.15, -0.1) is 11.3 Å². The summed E-state index contributed by atoms with van der Waals surface area (Å²) in [5.74, 6) is 0. The van der Waals surface area contributed by atoms with Crippen LogP contribution in [0.25, 0.3) is 0 Å². The van der Waals surface area contributed by atoms with Gasteiger partial charge < -0.3 is 5.32 Å². The monoisotopic (exact) mass is 363 g/mol. The van der Waals surface area contributed by atoms with Crippen molar-refractivity contribution in [1.29, 1.82) is 0 Å². The molecule has 1 N–H and O–H groups in total. The van der Waals surface area contributed by atoms with Gasteiger partial charge in [-0.1, -0.05) is 39.1 Å². The Morgan fingerprint density at radius 1 is 1.28 bits per heavy atom. The number of rotatable bonds is 4. The Balaban J connectivity index is 2.01. The van der Waals surface area contributed by atoms with Crippen LogP contribution < -0.4 is 5.32 Å². The van der Waals surface area contributed by atoms with Gasteiger partial charge in [0.15, 0.2) is 0 Å². The van der Waals surface area contributed by atoms with Crippen molar-refractivity contribution in [3.8, 4) is 0 Å². The zero-order valence-electron chi connectivity index (χ0n) is 9.71. The third-order valence-electron chi connectivity index (χ3n) is 2.63. The molecule has 0 amide bonds. The molecule has 0 bridgehead atoms. The maximum atomic E-state index is 6.15. The summed E-state index contributed by atoms with van der Waals surface area (Å²) in [6, 6.07) is 10.1. The first-order valence-electron chi connectivity index (χ1n) is 5.49. The molecule has 2 aromatic rings. The van der Waals surface area contributed by atoms with Crippen molar-refractivity contribution in [2.75, 3.05) is 0 Å². The van der Waals surface area contributed by atoms with Crippen molar-refractivity contribution < 1.29 is 0 Å². The molecule has 1 aromatic heterocycles. The molecule has 18 heavy (non-hydrogen) atoms.